The van der Waals surface area contributed by atoms with Gasteiger partial charge in [0.25, 0.3) is 0 Å². The van der Waals surface area contributed by atoms with Gasteiger partial charge in [0, 0.05) is 37.5 Å². The number of rotatable bonds is 2. The topological polar surface area (TPSA) is 16.1 Å². The molecular weight excluding hydrogens is 248 g/mol. The molecule has 2 rings (SSSR count). The van der Waals surface area contributed by atoms with E-state index in [2.05, 4.69) is 4.98 Å². The van der Waals surface area contributed by atoms with Gasteiger partial charge in [-0.2, -0.15) is 17.6 Å². The second-order valence-electron chi connectivity index (χ2n) is 4.59. The number of pyridine rings is 1. The molecule has 0 spiro atoms. The predicted molar refractivity (Wildman–Crippen MR) is 59.8 cm³/mol. The van der Waals surface area contributed by atoms with Gasteiger partial charge in [-0.1, -0.05) is 0 Å². The van der Waals surface area contributed by atoms with Crippen molar-refractivity contribution in [2.45, 2.75) is 25.4 Å². The van der Waals surface area contributed by atoms with Crippen LogP contribution < -0.4 is 4.90 Å². The molecule has 0 amide bonds. The lowest BCUT2D eigenvalue weighted by Crippen LogP contribution is -2.35. The molecule has 6 heteroatoms. The molecule has 0 N–H and O–H groups in total. The van der Waals surface area contributed by atoms with Gasteiger partial charge in [0.15, 0.2) is 0 Å². The van der Waals surface area contributed by atoms with E-state index in [1.54, 1.807) is 6.07 Å². The average Bonchev–Trinajstić information content (AvgIpc) is 2.28. The largest absolute Gasteiger partial charge is 0.389 e. The Morgan fingerprint density at radius 1 is 1.28 bits per heavy atom. The summed E-state index contributed by atoms with van der Waals surface area (Å²) in [6.07, 6.45) is -2.46. The molecule has 0 aliphatic carbocycles. The number of halogens is 4. The lowest BCUT2D eigenvalue weighted by Gasteiger charge is -2.33. The van der Waals surface area contributed by atoms with E-state index < -0.39 is 18.5 Å². The van der Waals surface area contributed by atoms with Gasteiger partial charge >= 0.3 is 6.18 Å². The van der Waals surface area contributed by atoms with Crippen LogP contribution in [0.5, 0.6) is 0 Å². The van der Waals surface area contributed by atoms with Gasteiger partial charge in [-0.3, -0.25) is 0 Å². The Morgan fingerprint density at radius 2 is 1.94 bits per heavy atom. The zero-order valence-electron chi connectivity index (χ0n) is 9.75. The first-order valence-corrected chi connectivity index (χ1v) is 5.87. The summed E-state index contributed by atoms with van der Waals surface area (Å²) in [6, 6.07) is 2.98. The van der Waals surface area contributed by atoms with Crippen molar-refractivity contribution in [1.29, 1.82) is 0 Å². The summed E-state index contributed by atoms with van der Waals surface area (Å²) in [6.45, 7) is 1.06. The summed E-state index contributed by atoms with van der Waals surface area (Å²) in [5.74, 6) is -0.877. The summed E-state index contributed by atoms with van der Waals surface area (Å²) in [7, 11) is 0. The van der Waals surface area contributed by atoms with Gasteiger partial charge in [-0.25, -0.2) is 4.98 Å². The molecule has 0 radical (unpaired) electrons. The number of hydrogen-bond acceptors (Lipinski definition) is 2. The normalized spacial score (nSPS) is 18.1. The number of hydrogen-bond donors (Lipinski definition) is 0. The highest BCUT2D eigenvalue weighted by molar-refractivity contribution is 5.45. The third-order valence-electron chi connectivity index (χ3n) is 3.21. The van der Waals surface area contributed by atoms with Crippen molar-refractivity contribution in [1.82, 2.24) is 4.98 Å². The van der Waals surface area contributed by atoms with Crippen LogP contribution in [0.25, 0.3) is 0 Å². The Kier molecular flexibility index (Phi) is 3.73. The lowest BCUT2D eigenvalue weighted by molar-refractivity contribution is -0.145. The van der Waals surface area contributed by atoms with E-state index in [0.717, 1.165) is 0 Å². The molecule has 1 aromatic rings. The van der Waals surface area contributed by atoms with Crippen molar-refractivity contribution in [3.63, 3.8) is 0 Å². The fourth-order valence-corrected chi connectivity index (χ4v) is 2.31. The zero-order valence-corrected chi connectivity index (χ0v) is 9.75. The van der Waals surface area contributed by atoms with E-state index in [1.165, 1.54) is 12.3 Å². The third-order valence-corrected chi connectivity index (χ3v) is 3.21. The molecule has 100 valence electrons. The fourth-order valence-electron chi connectivity index (χ4n) is 2.31. The van der Waals surface area contributed by atoms with E-state index in [-0.39, 0.29) is 5.92 Å². The maximum absolute atomic E-state index is 12.9. The van der Waals surface area contributed by atoms with E-state index in [1.807, 2.05) is 4.90 Å². The van der Waals surface area contributed by atoms with Crippen LogP contribution in [0.3, 0.4) is 0 Å². The highest BCUT2D eigenvalue weighted by Gasteiger charge is 2.33. The second-order valence-corrected chi connectivity index (χ2v) is 4.59. The van der Waals surface area contributed by atoms with Crippen LogP contribution >= 0.6 is 0 Å². The quantitative estimate of drug-likeness (QED) is 0.600. The summed E-state index contributed by atoms with van der Waals surface area (Å²) in [5.41, 5.74) is 0.688. The zero-order chi connectivity index (χ0) is 13.2. The van der Waals surface area contributed by atoms with Crippen LogP contribution in [-0.2, 0) is 0 Å². The molecule has 1 fully saturated rings. The molecule has 0 aromatic carbocycles. The monoisotopic (exact) mass is 262 g/mol. The van der Waals surface area contributed by atoms with E-state index in [9.17, 15) is 17.6 Å². The summed E-state index contributed by atoms with van der Waals surface area (Å²) in [5, 5.41) is 0. The fraction of sp³-hybridized carbons (Fsp3) is 0.583. The average molecular weight is 262 g/mol. The van der Waals surface area contributed by atoms with Crippen molar-refractivity contribution < 1.29 is 17.6 Å². The van der Waals surface area contributed by atoms with E-state index in [0.29, 0.717) is 31.6 Å². The maximum atomic E-state index is 12.9. The first-order chi connectivity index (χ1) is 8.44. The van der Waals surface area contributed by atoms with Crippen molar-refractivity contribution in [3.8, 4) is 0 Å². The minimum Gasteiger partial charge on any atom is -0.371 e. The first-order valence-electron chi connectivity index (χ1n) is 5.87. The highest BCUT2D eigenvalue weighted by atomic mass is 19.4. The Bertz CT molecular complexity index is 397. The molecule has 0 unspecified atom stereocenters. The SMILES string of the molecule is Fc1cc(N2CCC(CC(F)(F)F)CC2)ccn1. The number of nitrogens with zero attached hydrogens (tertiary/aromatic N) is 2. The van der Waals surface area contributed by atoms with Crippen LogP contribution in [0.15, 0.2) is 18.3 Å². The Morgan fingerprint density at radius 3 is 2.50 bits per heavy atom. The van der Waals surface area contributed by atoms with Crippen molar-refractivity contribution in [2.75, 3.05) is 18.0 Å². The standard InChI is InChI=1S/C12H14F4N2/c13-11-7-10(1-4-17-11)18-5-2-9(3-6-18)8-12(14,15)16/h1,4,7,9H,2-3,5-6,8H2. The smallest absolute Gasteiger partial charge is 0.371 e. The van der Waals surface area contributed by atoms with Crippen LogP contribution in [0.1, 0.15) is 19.3 Å². The van der Waals surface area contributed by atoms with Crippen LogP contribution in [0, 0.1) is 11.9 Å². The van der Waals surface area contributed by atoms with Gasteiger partial charge in [-0.15, -0.1) is 0 Å². The molecule has 1 aliphatic rings. The number of anilines is 1. The summed E-state index contributed by atoms with van der Waals surface area (Å²) >= 11 is 0. The molecule has 1 aliphatic heterocycles. The van der Waals surface area contributed by atoms with Crippen LogP contribution in [0.2, 0.25) is 0 Å². The van der Waals surface area contributed by atoms with Gasteiger partial charge in [0.2, 0.25) is 5.95 Å². The van der Waals surface area contributed by atoms with Gasteiger partial charge in [-0.05, 0) is 24.8 Å². The number of piperidine rings is 1. The molecule has 0 saturated carbocycles. The van der Waals surface area contributed by atoms with E-state index in [4.69, 9.17) is 0 Å². The number of alkyl halides is 3. The third kappa shape index (κ3) is 3.58. The van der Waals surface area contributed by atoms with Crippen molar-refractivity contribution in [3.05, 3.63) is 24.3 Å². The minimum absolute atomic E-state index is 0.312. The highest BCUT2D eigenvalue weighted by Crippen LogP contribution is 2.32. The van der Waals surface area contributed by atoms with Crippen LogP contribution in [-0.4, -0.2) is 24.2 Å². The minimum atomic E-state index is -4.09. The summed E-state index contributed by atoms with van der Waals surface area (Å²) in [4.78, 5) is 5.36. The molecule has 1 aromatic heterocycles. The van der Waals surface area contributed by atoms with Crippen molar-refractivity contribution >= 4 is 5.69 Å². The predicted octanol–water partition coefficient (Wildman–Crippen LogP) is 3.39. The molecular formula is C12H14F4N2. The lowest BCUT2D eigenvalue weighted by atomic mass is 9.93. The van der Waals surface area contributed by atoms with Gasteiger partial charge in [0.1, 0.15) is 0 Å². The molecule has 1 saturated heterocycles. The molecule has 2 heterocycles. The molecule has 0 atom stereocenters. The van der Waals surface area contributed by atoms with Crippen LogP contribution in [0.4, 0.5) is 23.2 Å². The Balaban J connectivity index is 1.91. The first kappa shape index (κ1) is 13.1. The Labute approximate surface area is 103 Å². The molecule has 0 bridgehead atoms. The maximum Gasteiger partial charge on any atom is 0.389 e. The van der Waals surface area contributed by atoms with Gasteiger partial charge in [0.05, 0.1) is 0 Å². The Hall–Kier alpha value is -1.33. The summed E-state index contributed by atoms with van der Waals surface area (Å²) < 4.78 is 49.7. The van der Waals surface area contributed by atoms with E-state index >= 15 is 0 Å². The number of aromatic nitrogens is 1. The van der Waals surface area contributed by atoms with Gasteiger partial charge < -0.3 is 4.90 Å². The molecule has 18 heavy (non-hydrogen) atoms. The van der Waals surface area contributed by atoms with Crippen molar-refractivity contribution in [2.24, 2.45) is 5.92 Å². The molecule has 2 nitrogen and oxygen atoms in total. The second kappa shape index (κ2) is 5.12.